The van der Waals surface area contributed by atoms with Crippen molar-refractivity contribution >= 4 is 5.91 Å². The quantitative estimate of drug-likeness (QED) is 0.771. The smallest absolute Gasteiger partial charge is 0.251 e. The molecule has 1 atom stereocenters. The number of hydrogen-bond donors (Lipinski definition) is 1. The summed E-state index contributed by atoms with van der Waals surface area (Å²) >= 11 is 0. The van der Waals surface area contributed by atoms with E-state index in [2.05, 4.69) is 20.8 Å². The van der Waals surface area contributed by atoms with E-state index in [4.69, 9.17) is 4.74 Å². The Labute approximate surface area is 157 Å². The summed E-state index contributed by atoms with van der Waals surface area (Å²) in [6, 6.07) is 15.3. The van der Waals surface area contributed by atoms with E-state index in [0.29, 0.717) is 18.5 Å². The van der Waals surface area contributed by atoms with Crippen LogP contribution in [0.5, 0.6) is 5.75 Å². The molecule has 0 fully saturated rings. The molecule has 27 heavy (non-hydrogen) atoms. The number of ether oxygens (including phenoxy) is 1. The van der Waals surface area contributed by atoms with Crippen LogP contribution in [0, 0.1) is 0 Å². The molecule has 138 valence electrons. The fraction of sp³-hybridized carbons (Fsp3) is 0.300. The average molecular weight is 363 g/mol. The highest BCUT2D eigenvalue weighted by molar-refractivity contribution is 5.94. The number of nitrogens with zero attached hydrogens (tertiary/aromatic N) is 4. The summed E-state index contributed by atoms with van der Waals surface area (Å²) in [5.74, 6) is 0.734. The maximum Gasteiger partial charge on any atom is 0.251 e. The zero-order valence-corrected chi connectivity index (χ0v) is 15.3. The monoisotopic (exact) mass is 363 g/mol. The maximum atomic E-state index is 12.8. The van der Waals surface area contributed by atoms with Crippen molar-refractivity contribution in [2.75, 3.05) is 0 Å². The van der Waals surface area contributed by atoms with Crippen molar-refractivity contribution in [1.29, 1.82) is 0 Å². The van der Waals surface area contributed by atoms with Crippen molar-refractivity contribution in [1.82, 2.24) is 25.5 Å². The lowest BCUT2D eigenvalue weighted by molar-refractivity contribution is 0.0619. The summed E-state index contributed by atoms with van der Waals surface area (Å²) in [5, 5.41) is 14.2. The molecule has 0 saturated carbocycles. The number of fused-ring (bicyclic) bond motifs is 1. The van der Waals surface area contributed by atoms with Gasteiger partial charge in [0.1, 0.15) is 17.7 Å². The Morgan fingerprint density at radius 2 is 2.00 bits per heavy atom. The van der Waals surface area contributed by atoms with Crippen molar-refractivity contribution < 1.29 is 9.53 Å². The van der Waals surface area contributed by atoms with Crippen LogP contribution in [0.1, 0.15) is 47.8 Å². The summed E-state index contributed by atoms with van der Waals surface area (Å²) in [7, 11) is 0. The molecule has 7 heteroatoms. The Hall–Kier alpha value is -3.22. The predicted molar refractivity (Wildman–Crippen MR) is 99.3 cm³/mol. The molecule has 0 radical (unpaired) electrons. The highest BCUT2D eigenvalue weighted by atomic mass is 16.5. The van der Waals surface area contributed by atoms with Crippen molar-refractivity contribution in [2.24, 2.45) is 0 Å². The van der Waals surface area contributed by atoms with Crippen molar-refractivity contribution in [3.8, 4) is 5.75 Å². The van der Waals surface area contributed by atoms with Gasteiger partial charge in [-0.2, -0.15) is 0 Å². The van der Waals surface area contributed by atoms with Gasteiger partial charge in [-0.25, -0.2) is 4.68 Å². The lowest BCUT2D eigenvalue weighted by Gasteiger charge is -2.37. The first-order valence-electron chi connectivity index (χ1n) is 8.89. The summed E-state index contributed by atoms with van der Waals surface area (Å²) in [5.41, 5.74) is 2.33. The molecular weight excluding hydrogens is 342 g/mol. The van der Waals surface area contributed by atoms with Gasteiger partial charge in [0.15, 0.2) is 0 Å². The minimum Gasteiger partial charge on any atom is -0.487 e. The molecule has 0 spiro atoms. The van der Waals surface area contributed by atoms with E-state index < -0.39 is 0 Å². The number of amides is 1. The lowest BCUT2D eigenvalue weighted by Crippen LogP contribution is -2.41. The second-order valence-electron chi connectivity index (χ2n) is 7.33. The number of rotatable bonds is 4. The number of hydrogen-bond acceptors (Lipinski definition) is 5. The molecule has 2 heterocycles. The molecule has 0 bridgehead atoms. The van der Waals surface area contributed by atoms with E-state index >= 15 is 0 Å². The standard InChI is InChI=1S/C20H21N5O2/c1-20(2)11-17(16-5-3-4-6-18(16)27-20)22-19(26)15-9-7-14(8-10-15)12-25-13-21-23-24-25/h3-10,13,17H,11-12H2,1-2H3,(H,22,26)/t17-/m0/s1. The molecule has 0 unspecified atom stereocenters. The molecule has 0 saturated heterocycles. The van der Waals surface area contributed by atoms with Crippen LogP contribution in [0.3, 0.4) is 0 Å². The van der Waals surface area contributed by atoms with Gasteiger partial charge in [-0.3, -0.25) is 4.79 Å². The first kappa shape index (κ1) is 17.2. The van der Waals surface area contributed by atoms with Crippen LogP contribution >= 0.6 is 0 Å². The van der Waals surface area contributed by atoms with Crippen LogP contribution in [0.4, 0.5) is 0 Å². The average Bonchev–Trinajstić information content (AvgIpc) is 3.14. The number of nitrogens with one attached hydrogen (secondary N) is 1. The Balaban J connectivity index is 1.49. The number of aromatic nitrogens is 4. The minimum absolute atomic E-state index is 0.0849. The number of benzene rings is 2. The van der Waals surface area contributed by atoms with Crippen LogP contribution in [-0.2, 0) is 6.54 Å². The van der Waals surface area contributed by atoms with Gasteiger partial charge in [-0.1, -0.05) is 30.3 Å². The fourth-order valence-corrected chi connectivity index (χ4v) is 3.37. The Morgan fingerprint density at radius 1 is 1.22 bits per heavy atom. The number of carbonyl (C=O) groups is 1. The fourth-order valence-electron chi connectivity index (χ4n) is 3.37. The molecule has 1 aliphatic heterocycles. The molecule has 1 N–H and O–H groups in total. The van der Waals surface area contributed by atoms with Crippen LogP contribution in [-0.4, -0.2) is 31.7 Å². The lowest BCUT2D eigenvalue weighted by atomic mass is 9.89. The van der Waals surface area contributed by atoms with E-state index in [9.17, 15) is 4.79 Å². The van der Waals surface area contributed by atoms with E-state index in [-0.39, 0.29) is 17.6 Å². The molecule has 3 aromatic rings. The maximum absolute atomic E-state index is 12.8. The van der Waals surface area contributed by atoms with Gasteiger partial charge >= 0.3 is 0 Å². The Bertz CT molecular complexity index is 935. The van der Waals surface area contributed by atoms with Gasteiger partial charge in [0.25, 0.3) is 5.91 Å². The molecule has 2 aromatic carbocycles. The summed E-state index contributed by atoms with van der Waals surface area (Å²) in [4.78, 5) is 12.8. The SMILES string of the molecule is CC1(C)C[C@H](NC(=O)c2ccc(Cn3cnnn3)cc2)c2ccccc2O1. The van der Waals surface area contributed by atoms with Gasteiger partial charge in [-0.15, -0.1) is 5.10 Å². The largest absolute Gasteiger partial charge is 0.487 e. The third kappa shape index (κ3) is 3.81. The van der Waals surface area contributed by atoms with Gasteiger partial charge in [0.05, 0.1) is 12.6 Å². The molecule has 7 nitrogen and oxygen atoms in total. The molecular formula is C20H21N5O2. The molecule has 1 aromatic heterocycles. The second-order valence-corrected chi connectivity index (χ2v) is 7.33. The van der Waals surface area contributed by atoms with Gasteiger partial charge in [0.2, 0.25) is 0 Å². The molecule has 4 rings (SSSR count). The number of tetrazole rings is 1. The summed E-state index contributed by atoms with van der Waals surface area (Å²) < 4.78 is 7.67. The van der Waals surface area contributed by atoms with Crippen LogP contribution in [0.25, 0.3) is 0 Å². The van der Waals surface area contributed by atoms with Crippen LogP contribution in [0.2, 0.25) is 0 Å². The molecule has 1 aliphatic rings. The first-order valence-corrected chi connectivity index (χ1v) is 8.89. The predicted octanol–water partition coefficient (Wildman–Crippen LogP) is 2.75. The Kier molecular flexibility index (Phi) is 4.35. The third-order valence-corrected chi connectivity index (χ3v) is 4.63. The normalized spacial score (nSPS) is 17.6. The number of carbonyl (C=O) groups excluding carboxylic acids is 1. The van der Waals surface area contributed by atoms with Crippen molar-refractivity contribution in [3.05, 3.63) is 71.5 Å². The first-order chi connectivity index (χ1) is 13.0. The summed E-state index contributed by atoms with van der Waals surface area (Å²) in [6.45, 7) is 4.64. The Morgan fingerprint density at radius 3 is 2.74 bits per heavy atom. The van der Waals surface area contributed by atoms with E-state index in [1.54, 1.807) is 11.0 Å². The van der Waals surface area contributed by atoms with Crippen molar-refractivity contribution in [3.63, 3.8) is 0 Å². The van der Waals surface area contributed by atoms with Gasteiger partial charge < -0.3 is 10.1 Å². The molecule has 1 amide bonds. The third-order valence-electron chi connectivity index (χ3n) is 4.63. The van der Waals surface area contributed by atoms with E-state index in [0.717, 1.165) is 16.9 Å². The topological polar surface area (TPSA) is 81.9 Å². The van der Waals surface area contributed by atoms with Crippen LogP contribution < -0.4 is 10.1 Å². The van der Waals surface area contributed by atoms with Gasteiger partial charge in [-0.05, 0) is 48.0 Å². The van der Waals surface area contributed by atoms with Crippen LogP contribution in [0.15, 0.2) is 54.9 Å². The minimum atomic E-state index is -0.331. The highest BCUT2D eigenvalue weighted by Gasteiger charge is 2.34. The summed E-state index contributed by atoms with van der Waals surface area (Å²) in [6.07, 6.45) is 2.28. The zero-order valence-electron chi connectivity index (χ0n) is 15.3. The van der Waals surface area contributed by atoms with E-state index in [1.807, 2.05) is 62.4 Å². The number of para-hydroxylation sites is 1. The second kappa shape index (κ2) is 6.83. The van der Waals surface area contributed by atoms with Crippen molar-refractivity contribution in [2.45, 2.75) is 38.5 Å². The zero-order chi connectivity index (χ0) is 18.9. The van der Waals surface area contributed by atoms with E-state index in [1.165, 1.54) is 0 Å². The van der Waals surface area contributed by atoms with Gasteiger partial charge in [0, 0.05) is 17.5 Å². The molecule has 0 aliphatic carbocycles. The highest BCUT2D eigenvalue weighted by Crippen LogP contribution is 2.39.